The molecule has 0 saturated heterocycles. The standard InChI is InChI=1S/C15H29N3O2/c1-5-6-18(10-14(19)17(3)4)15(20)12-7-11(2)8-13(16)9-12/h11-13H,5-10,16H2,1-4H3. The number of carbonyl (C=O) groups excluding carboxylic acids is 2. The van der Waals surface area contributed by atoms with Crippen LogP contribution in [0.5, 0.6) is 0 Å². The second-order valence-electron chi connectivity index (χ2n) is 6.32. The Morgan fingerprint density at radius 2 is 1.85 bits per heavy atom. The molecular weight excluding hydrogens is 254 g/mol. The molecule has 1 aliphatic carbocycles. The summed E-state index contributed by atoms with van der Waals surface area (Å²) < 4.78 is 0. The van der Waals surface area contributed by atoms with Gasteiger partial charge in [-0.2, -0.15) is 0 Å². The van der Waals surface area contributed by atoms with Gasteiger partial charge in [0.15, 0.2) is 0 Å². The van der Waals surface area contributed by atoms with Crippen LogP contribution in [0, 0.1) is 11.8 Å². The molecule has 5 nitrogen and oxygen atoms in total. The lowest BCUT2D eigenvalue weighted by atomic mass is 9.79. The summed E-state index contributed by atoms with van der Waals surface area (Å²) in [6, 6.07) is 0.112. The fraction of sp³-hybridized carbons (Fsp3) is 0.867. The molecule has 0 aromatic rings. The summed E-state index contributed by atoms with van der Waals surface area (Å²) in [5.41, 5.74) is 6.03. The molecule has 0 aromatic carbocycles. The van der Waals surface area contributed by atoms with Crippen LogP contribution in [-0.2, 0) is 9.59 Å². The van der Waals surface area contributed by atoms with Gasteiger partial charge < -0.3 is 15.5 Å². The molecule has 116 valence electrons. The first-order valence-electron chi connectivity index (χ1n) is 7.59. The van der Waals surface area contributed by atoms with Crippen molar-refractivity contribution in [3.63, 3.8) is 0 Å². The summed E-state index contributed by atoms with van der Waals surface area (Å²) in [6.45, 7) is 4.99. The van der Waals surface area contributed by atoms with Crippen LogP contribution in [0.2, 0.25) is 0 Å². The maximum absolute atomic E-state index is 12.6. The quantitative estimate of drug-likeness (QED) is 0.821. The molecule has 0 bridgehead atoms. The zero-order valence-electron chi connectivity index (χ0n) is 13.3. The van der Waals surface area contributed by atoms with Gasteiger partial charge in [0.25, 0.3) is 0 Å². The summed E-state index contributed by atoms with van der Waals surface area (Å²) in [5, 5.41) is 0. The number of carbonyl (C=O) groups is 2. The van der Waals surface area contributed by atoms with Crippen LogP contribution in [0.15, 0.2) is 0 Å². The SMILES string of the molecule is CCCN(CC(=O)N(C)C)C(=O)C1CC(C)CC(N)C1. The highest BCUT2D eigenvalue weighted by Gasteiger charge is 2.32. The number of hydrogen-bond acceptors (Lipinski definition) is 3. The molecular formula is C15H29N3O2. The van der Waals surface area contributed by atoms with E-state index in [1.807, 2.05) is 6.92 Å². The van der Waals surface area contributed by atoms with Gasteiger partial charge in [-0.3, -0.25) is 9.59 Å². The van der Waals surface area contributed by atoms with E-state index in [4.69, 9.17) is 5.73 Å². The summed E-state index contributed by atoms with van der Waals surface area (Å²) in [6.07, 6.45) is 3.50. The van der Waals surface area contributed by atoms with Crippen LogP contribution in [0.1, 0.15) is 39.5 Å². The topological polar surface area (TPSA) is 66.6 Å². The number of nitrogens with two attached hydrogens (primary N) is 1. The van der Waals surface area contributed by atoms with E-state index >= 15 is 0 Å². The Morgan fingerprint density at radius 3 is 2.35 bits per heavy atom. The van der Waals surface area contributed by atoms with Crippen LogP contribution in [0.4, 0.5) is 0 Å². The van der Waals surface area contributed by atoms with Gasteiger partial charge in [0.1, 0.15) is 0 Å². The normalized spacial score (nSPS) is 26.1. The molecule has 1 aliphatic rings. The molecule has 0 aromatic heterocycles. The highest BCUT2D eigenvalue weighted by atomic mass is 16.2. The zero-order valence-corrected chi connectivity index (χ0v) is 13.3. The number of amides is 2. The van der Waals surface area contributed by atoms with Crippen molar-refractivity contribution in [1.82, 2.24) is 9.80 Å². The number of nitrogens with zero attached hydrogens (tertiary/aromatic N) is 2. The second-order valence-corrected chi connectivity index (χ2v) is 6.32. The number of likely N-dealkylation sites (N-methyl/N-ethyl adjacent to an activating group) is 1. The van der Waals surface area contributed by atoms with E-state index in [-0.39, 0.29) is 30.3 Å². The van der Waals surface area contributed by atoms with Crippen molar-refractivity contribution >= 4 is 11.8 Å². The molecule has 3 atom stereocenters. The van der Waals surface area contributed by atoms with Crippen LogP contribution in [0.25, 0.3) is 0 Å². The minimum Gasteiger partial charge on any atom is -0.347 e. The van der Waals surface area contributed by atoms with E-state index in [9.17, 15) is 9.59 Å². The molecule has 0 heterocycles. The second kappa shape index (κ2) is 7.62. The van der Waals surface area contributed by atoms with Gasteiger partial charge in [0.2, 0.25) is 11.8 Å². The average Bonchev–Trinajstić information content (AvgIpc) is 2.35. The molecule has 2 N–H and O–H groups in total. The zero-order chi connectivity index (χ0) is 15.3. The van der Waals surface area contributed by atoms with Crippen molar-refractivity contribution in [2.24, 2.45) is 17.6 Å². The lowest BCUT2D eigenvalue weighted by Gasteiger charge is -2.34. The summed E-state index contributed by atoms with van der Waals surface area (Å²) >= 11 is 0. The third-order valence-electron chi connectivity index (χ3n) is 3.96. The van der Waals surface area contributed by atoms with Gasteiger partial charge in [-0.1, -0.05) is 13.8 Å². The molecule has 2 amide bonds. The highest BCUT2D eigenvalue weighted by molar-refractivity contribution is 5.85. The number of rotatable bonds is 5. The van der Waals surface area contributed by atoms with Crippen molar-refractivity contribution in [2.75, 3.05) is 27.2 Å². The van der Waals surface area contributed by atoms with Gasteiger partial charge in [0.05, 0.1) is 6.54 Å². The molecule has 0 radical (unpaired) electrons. The minimum atomic E-state index is -0.0278. The fourth-order valence-corrected chi connectivity index (χ4v) is 2.96. The molecule has 3 unspecified atom stereocenters. The largest absolute Gasteiger partial charge is 0.347 e. The van der Waals surface area contributed by atoms with Crippen LogP contribution in [-0.4, -0.2) is 54.8 Å². The van der Waals surface area contributed by atoms with E-state index in [0.29, 0.717) is 12.5 Å². The Labute approximate surface area is 122 Å². The van der Waals surface area contributed by atoms with Crippen molar-refractivity contribution < 1.29 is 9.59 Å². The first kappa shape index (κ1) is 17.0. The predicted octanol–water partition coefficient (Wildman–Crippen LogP) is 1.08. The lowest BCUT2D eigenvalue weighted by molar-refractivity contribution is -0.143. The molecule has 1 saturated carbocycles. The van der Waals surface area contributed by atoms with Crippen molar-refractivity contribution in [1.29, 1.82) is 0 Å². The summed E-state index contributed by atoms with van der Waals surface area (Å²) in [7, 11) is 3.44. The third kappa shape index (κ3) is 4.78. The van der Waals surface area contributed by atoms with Crippen LogP contribution >= 0.6 is 0 Å². The van der Waals surface area contributed by atoms with E-state index in [0.717, 1.165) is 25.7 Å². The van der Waals surface area contributed by atoms with Crippen LogP contribution < -0.4 is 5.73 Å². The van der Waals surface area contributed by atoms with E-state index in [1.54, 1.807) is 19.0 Å². The van der Waals surface area contributed by atoms with Gasteiger partial charge in [0, 0.05) is 32.6 Å². The Hall–Kier alpha value is -1.10. The minimum absolute atomic E-state index is 0.0183. The molecule has 1 rings (SSSR count). The molecule has 0 aliphatic heterocycles. The van der Waals surface area contributed by atoms with E-state index in [1.165, 1.54) is 4.90 Å². The predicted molar refractivity (Wildman–Crippen MR) is 80.0 cm³/mol. The van der Waals surface area contributed by atoms with Gasteiger partial charge >= 0.3 is 0 Å². The van der Waals surface area contributed by atoms with Crippen molar-refractivity contribution in [3.05, 3.63) is 0 Å². The van der Waals surface area contributed by atoms with E-state index < -0.39 is 0 Å². The fourth-order valence-electron chi connectivity index (χ4n) is 2.96. The molecule has 1 fully saturated rings. The van der Waals surface area contributed by atoms with E-state index in [2.05, 4.69) is 6.92 Å². The number of hydrogen-bond donors (Lipinski definition) is 1. The van der Waals surface area contributed by atoms with Gasteiger partial charge in [-0.15, -0.1) is 0 Å². The summed E-state index contributed by atoms with van der Waals surface area (Å²) in [4.78, 5) is 27.7. The first-order valence-corrected chi connectivity index (χ1v) is 7.59. The Bertz CT molecular complexity index is 334. The molecule has 5 heteroatoms. The first-order chi connectivity index (χ1) is 9.35. The monoisotopic (exact) mass is 283 g/mol. The lowest BCUT2D eigenvalue weighted by Crippen LogP contribution is -2.46. The van der Waals surface area contributed by atoms with Crippen molar-refractivity contribution in [3.8, 4) is 0 Å². The molecule has 20 heavy (non-hydrogen) atoms. The maximum atomic E-state index is 12.6. The highest BCUT2D eigenvalue weighted by Crippen LogP contribution is 2.29. The Morgan fingerprint density at radius 1 is 1.20 bits per heavy atom. The van der Waals surface area contributed by atoms with Gasteiger partial charge in [-0.05, 0) is 31.6 Å². The Kier molecular flexibility index (Phi) is 6.46. The average molecular weight is 283 g/mol. The van der Waals surface area contributed by atoms with Crippen LogP contribution in [0.3, 0.4) is 0 Å². The van der Waals surface area contributed by atoms with Crippen molar-refractivity contribution in [2.45, 2.75) is 45.6 Å². The van der Waals surface area contributed by atoms with Gasteiger partial charge in [-0.25, -0.2) is 0 Å². The third-order valence-corrected chi connectivity index (χ3v) is 3.96. The summed E-state index contributed by atoms with van der Waals surface area (Å²) in [5.74, 6) is 0.542. The smallest absolute Gasteiger partial charge is 0.241 e. The maximum Gasteiger partial charge on any atom is 0.241 e. The molecule has 0 spiro atoms. The Balaban J connectivity index is 2.70.